The van der Waals surface area contributed by atoms with Gasteiger partial charge in [-0.3, -0.25) is 4.79 Å². The van der Waals surface area contributed by atoms with E-state index < -0.39 is 0 Å². The Labute approximate surface area is 160 Å². The van der Waals surface area contributed by atoms with Crippen molar-refractivity contribution in [3.05, 3.63) is 67.0 Å². The summed E-state index contributed by atoms with van der Waals surface area (Å²) in [6, 6.07) is 8.11. The molecule has 1 unspecified atom stereocenters. The van der Waals surface area contributed by atoms with Gasteiger partial charge in [0, 0.05) is 36.6 Å². The molecule has 0 saturated carbocycles. The van der Waals surface area contributed by atoms with Crippen molar-refractivity contribution < 1.29 is 4.79 Å². The number of nitrogens with one attached hydrogen (secondary N) is 2. The Morgan fingerprint density at radius 3 is 2.85 bits per heavy atom. The van der Waals surface area contributed by atoms with Crippen LogP contribution in [0.4, 0.5) is 5.82 Å². The van der Waals surface area contributed by atoms with Gasteiger partial charge in [0.25, 0.3) is 0 Å². The van der Waals surface area contributed by atoms with Crippen LogP contribution in [0.3, 0.4) is 0 Å². The van der Waals surface area contributed by atoms with E-state index in [2.05, 4.69) is 40.9 Å². The Kier molecular flexibility index (Phi) is 5.72. The monoisotopic (exact) mass is 362 g/mol. The lowest BCUT2D eigenvalue weighted by molar-refractivity contribution is -0.119. The van der Waals surface area contributed by atoms with E-state index in [1.165, 1.54) is 0 Å². The molecular formula is C22H26N4O. The van der Waals surface area contributed by atoms with Crippen LogP contribution in [0.15, 0.2) is 61.5 Å². The van der Waals surface area contributed by atoms with E-state index in [9.17, 15) is 4.79 Å². The Balaban J connectivity index is 1.91. The quantitative estimate of drug-likeness (QED) is 0.768. The summed E-state index contributed by atoms with van der Waals surface area (Å²) in [5, 5.41) is 8.20. The summed E-state index contributed by atoms with van der Waals surface area (Å²) in [5.74, 6) is 0.622. The maximum atomic E-state index is 12.3. The summed E-state index contributed by atoms with van der Waals surface area (Å²) in [7, 11) is 1.98. The minimum atomic E-state index is 0.0141. The van der Waals surface area contributed by atoms with Gasteiger partial charge in [0.05, 0.1) is 5.92 Å². The van der Waals surface area contributed by atoms with Gasteiger partial charge < -0.3 is 15.5 Å². The molecule has 27 heavy (non-hydrogen) atoms. The van der Waals surface area contributed by atoms with Crippen LogP contribution in [0.25, 0.3) is 16.5 Å². The highest BCUT2D eigenvalue weighted by Crippen LogP contribution is 2.26. The van der Waals surface area contributed by atoms with Crippen LogP contribution in [0.1, 0.15) is 18.9 Å². The first-order chi connectivity index (χ1) is 13.0. The van der Waals surface area contributed by atoms with E-state index in [0.717, 1.165) is 47.2 Å². The minimum Gasteiger partial charge on any atom is -0.349 e. The van der Waals surface area contributed by atoms with E-state index >= 15 is 0 Å². The van der Waals surface area contributed by atoms with Crippen molar-refractivity contribution in [3.8, 4) is 0 Å². The summed E-state index contributed by atoms with van der Waals surface area (Å²) in [6.45, 7) is 11.4. The molecule has 3 rings (SSSR count). The number of carbonyl (C=O) groups is 1. The van der Waals surface area contributed by atoms with Gasteiger partial charge in [-0.2, -0.15) is 0 Å². The number of amides is 1. The molecule has 140 valence electrons. The van der Waals surface area contributed by atoms with Gasteiger partial charge in [-0.05, 0) is 49.0 Å². The molecule has 0 radical (unpaired) electrons. The number of anilines is 1. The number of rotatable bonds is 6. The van der Waals surface area contributed by atoms with Crippen molar-refractivity contribution in [2.24, 2.45) is 5.92 Å². The molecular weight excluding hydrogens is 336 g/mol. The first kappa shape index (κ1) is 18.9. The smallest absolute Gasteiger partial charge is 0.229 e. The number of hydrogen-bond donors (Lipinski definition) is 2. The fourth-order valence-electron chi connectivity index (χ4n) is 3.19. The second-order valence-electron chi connectivity index (χ2n) is 6.89. The maximum absolute atomic E-state index is 12.3. The van der Waals surface area contributed by atoms with E-state index in [4.69, 9.17) is 0 Å². The number of fused-ring (bicyclic) bond motifs is 1. The molecule has 1 fully saturated rings. The van der Waals surface area contributed by atoms with Crippen molar-refractivity contribution in [2.45, 2.75) is 13.3 Å². The number of benzene rings is 1. The van der Waals surface area contributed by atoms with Crippen LogP contribution in [0.2, 0.25) is 0 Å². The molecule has 2 heterocycles. The molecule has 2 N–H and O–H groups in total. The fourth-order valence-corrected chi connectivity index (χ4v) is 3.19. The lowest BCUT2D eigenvalue weighted by Crippen LogP contribution is -2.25. The Morgan fingerprint density at radius 1 is 1.37 bits per heavy atom. The third kappa shape index (κ3) is 4.26. The molecule has 1 amide bonds. The van der Waals surface area contributed by atoms with Crippen molar-refractivity contribution >= 4 is 28.2 Å². The second kappa shape index (κ2) is 8.18. The number of allylic oxidation sites excluding steroid dienone is 3. The molecule has 0 aliphatic carbocycles. The number of hydrogen-bond acceptors (Lipinski definition) is 4. The summed E-state index contributed by atoms with van der Waals surface area (Å²) < 4.78 is 0. The minimum absolute atomic E-state index is 0.0141. The summed E-state index contributed by atoms with van der Waals surface area (Å²) in [6.07, 6.45) is 6.40. The molecule has 0 bridgehead atoms. The third-order valence-corrected chi connectivity index (χ3v) is 4.91. The predicted molar refractivity (Wildman–Crippen MR) is 112 cm³/mol. The van der Waals surface area contributed by atoms with Crippen LogP contribution in [0, 0.1) is 5.92 Å². The molecule has 5 heteroatoms. The van der Waals surface area contributed by atoms with Crippen LogP contribution in [-0.4, -0.2) is 35.9 Å². The Morgan fingerprint density at radius 2 is 2.19 bits per heavy atom. The first-order valence-corrected chi connectivity index (χ1v) is 9.13. The highest BCUT2D eigenvalue weighted by atomic mass is 16.2. The van der Waals surface area contributed by atoms with Crippen molar-refractivity contribution in [1.82, 2.24) is 15.2 Å². The van der Waals surface area contributed by atoms with Crippen LogP contribution in [0.5, 0.6) is 0 Å². The van der Waals surface area contributed by atoms with Gasteiger partial charge in [0.1, 0.15) is 5.82 Å². The number of pyridine rings is 1. The summed E-state index contributed by atoms with van der Waals surface area (Å²) in [5.41, 5.74) is 3.01. The third-order valence-electron chi connectivity index (χ3n) is 4.91. The van der Waals surface area contributed by atoms with Gasteiger partial charge in [-0.25, -0.2) is 4.98 Å². The van der Waals surface area contributed by atoms with E-state index in [0.29, 0.717) is 5.82 Å². The zero-order valence-corrected chi connectivity index (χ0v) is 16.0. The van der Waals surface area contributed by atoms with Gasteiger partial charge in [0.2, 0.25) is 5.91 Å². The molecule has 5 nitrogen and oxygen atoms in total. The normalized spacial score (nSPS) is 17.0. The van der Waals surface area contributed by atoms with Gasteiger partial charge in [0.15, 0.2) is 0 Å². The predicted octanol–water partition coefficient (Wildman–Crippen LogP) is 3.78. The SMILES string of the molecule is C=C/C=C(/c1ccc2cnc(NC(=O)C3CCNC3)cc2c1)N(C)C(=C)C. The van der Waals surface area contributed by atoms with Crippen LogP contribution in [-0.2, 0) is 4.79 Å². The van der Waals surface area contributed by atoms with Crippen LogP contribution < -0.4 is 10.6 Å². The topological polar surface area (TPSA) is 57.3 Å². The van der Waals surface area contributed by atoms with Gasteiger partial charge in [-0.15, -0.1) is 0 Å². The van der Waals surface area contributed by atoms with Crippen molar-refractivity contribution in [2.75, 3.05) is 25.5 Å². The number of carbonyl (C=O) groups excluding carboxylic acids is 1. The van der Waals surface area contributed by atoms with Crippen molar-refractivity contribution in [3.63, 3.8) is 0 Å². The molecule has 2 aromatic rings. The van der Waals surface area contributed by atoms with E-state index in [1.54, 1.807) is 12.3 Å². The lowest BCUT2D eigenvalue weighted by atomic mass is 10.0. The van der Waals surface area contributed by atoms with Gasteiger partial charge >= 0.3 is 0 Å². The summed E-state index contributed by atoms with van der Waals surface area (Å²) >= 11 is 0. The van der Waals surface area contributed by atoms with Crippen molar-refractivity contribution in [1.29, 1.82) is 0 Å². The average Bonchev–Trinajstić information content (AvgIpc) is 3.20. The summed E-state index contributed by atoms with van der Waals surface area (Å²) in [4.78, 5) is 18.8. The number of nitrogens with zero attached hydrogens (tertiary/aromatic N) is 2. The molecule has 1 aliphatic rings. The lowest BCUT2D eigenvalue weighted by Gasteiger charge is -2.23. The Bertz CT molecular complexity index is 910. The molecule has 1 aromatic heterocycles. The molecule has 1 saturated heterocycles. The zero-order valence-electron chi connectivity index (χ0n) is 16.0. The highest BCUT2D eigenvalue weighted by molar-refractivity contribution is 5.95. The number of aromatic nitrogens is 1. The fraction of sp³-hybridized carbons (Fsp3) is 0.273. The zero-order chi connectivity index (χ0) is 19.4. The van der Waals surface area contributed by atoms with Crippen LogP contribution >= 0.6 is 0 Å². The Hall–Kier alpha value is -2.92. The van der Waals surface area contributed by atoms with E-state index in [1.807, 2.05) is 37.1 Å². The molecule has 1 aliphatic heterocycles. The molecule has 1 aromatic carbocycles. The largest absolute Gasteiger partial charge is 0.349 e. The standard InChI is InChI=1S/C22H26N4O/c1-5-6-20(26(4)15(2)3)16-7-8-17-14-24-21(12-19(17)11-16)25-22(27)18-9-10-23-13-18/h5-8,11-12,14,18,23H,1-2,9-10,13H2,3-4H3,(H,24,25,27)/b20-6-. The molecule has 0 spiro atoms. The first-order valence-electron chi connectivity index (χ1n) is 9.13. The average molecular weight is 362 g/mol. The van der Waals surface area contributed by atoms with E-state index in [-0.39, 0.29) is 11.8 Å². The second-order valence-corrected chi connectivity index (χ2v) is 6.89. The molecule has 1 atom stereocenters. The highest BCUT2D eigenvalue weighted by Gasteiger charge is 2.22. The maximum Gasteiger partial charge on any atom is 0.229 e. The van der Waals surface area contributed by atoms with Gasteiger partial charge in [-0.1, -0.05) is 31.4 Å².